The molecule has 2 atom stereocenters. The molecule has 0 bridgehead atoms. The average molecular weight is 365 g/mol. The van der Waals surface area contributed by atoms with Crippen molar-refractivity contribution in [3.8, 4) is 0 Å². The smallest absolute Gasteiger partial charge is 0.128 e. The number of nitrogens with zero attached hydrogens (tertiary/aromatic N) is 3. The molecule has 0 saturated carbocycles. The summed E-state index contributed by atoms with van der Waals surface area (Å²) in [6.45, 7) is 4.09. The minimum Gasteiger partial charge on any atom is -0.319 e. The highest BCUT2D eigenvalue weighted by atomic mass is 79.9. The second-order valence-corrected chi connectivity index (χ2v) is 6.62. The third-order valence-corrected chi connectivity index (χ3v) is 4.28. The summed E-state index contributed by atoms with van der Waals surface area (Å²) < 4.78 is 3.21. The molecule has 0 amide bonds. The molecule has 0 saturated heterocycles. The first-order valence-electron chi connectivity index (χ1n) is 6.79. The van der Waals surface area contributed by atoms with Gasteiger partial charge in [0.15, 0.2) is 0 Å². The van der Waals surface area contributed by atoms with Gasteiger partial charge in [0.25, 0.3) is 0 Å². The van der Waals surface area contributed by atoms with E-state index in [9.17, 15) is 0 Å². The van der Waals surface area contributed by atoms with E-state index in [0.29, 0.717) is 0 Å². The van der Waals surface area contributed by atoms with Crippen LogP contribution >= 0.6 is 27.5 Å². The van der Waals surface area contributed by atoms with Crippen molar-refractivity contribution in [3.05, 3.63) is 58.6 Å². The molecule has 2 unspecified atom stereocenters. The lowest BCUT2D eigenvalue weighted by Crippen LogP contribution is -2.11. The topological polar surface area (TPSA) is 30.7 Å². The highest BCUT2D eigenvalue weighted by Crippen LogP contribution is 2.31. The van der Waals surface area contributed by atoms with Gasteiger partial charge >= 0.3 is 0 Å². The number of halogens is 2. The SMILES string of the molecule is CC(Cl)c1nc2cc(Br)ccc2n1C(C)c1cccnc1. The summed E-state index contributed by atoms with van der Waals surface area (Å²) in [6.07, 6.45) is 3.67. The van der Waals surface area contributed by atoms with Crippen molar-refractivity contribution < 1.29 is 0 Å². The van der Waals surface area contributed by atoms with Crippen LogP contribution in [0, 0.1) is 0 Å². The second-order valence-electron chi connectivity index (χ2n) is 5.05. The molecule has 1 aromatic carbocycles. The lowest BCUT2D eigenvalue weighted by Gasteiger charge is -2.18. The van der Waals surface area contributed by atoms with Crippen LogP contribution in [-0.2, 0) is 0 Å². The number of alkyl halides is 1. The van der Waals surface area contributed by atoms with Crippen LogP contribution in [0.5, 0.6) is 0 Å². The van der Waals surface area contributed by atoms with Gasteiger partial charge in [0.1, 0.15) is 5.82 Å². The molecule has 3 rings (SSSR count). The van der Waals surface area contributed by atoms with E-state index < -0.39 is 0 Å². The van der Waals surface area contributed by atoms with E-state index in [1.165, 1.54) is 0 Å². The van der Waals surface area contributed by atoms with Crippen molar-refractivity contribution in [1.82, 2.24) is 14.5 Å². The van der Waals surface area contributed by atoms with Crippen LogP contribution in [0.1, 0.15) is 36.7 Å². The van der Waals surface area contributed by atoms with E-state index in [0.717, 1.165) is 26.9 Å². The van der Waals surface area contributed by atoms with Crippen LogP contribution < -0.4 is 0 Å². The minimum absolute atomic E-state index is 0.126. The molecule has 2 aromatic heterocycles. The highest BCUT2D eigenvalue weighted by molar-refractivity contribution is 9.10. The second kappa shape index (κ2) is 5.78. The maximum Gasteiger partial charge on any atom is 0.128 e. The Balaban J connectivity index is 2.22. The van der Waals surface area contributed by atoms with Crippen molar-refractivity contribution in [3.63, 3.8) is 0 Å². The number of hydrogen-bond acceptors (Lipinski definition) is 2. The first-order valence-corrected chi connectivity index (χ1v) is 8.02. The van der Waals surface area contributed by atoms with E-state index in [-0.39, 0.29) is 11.4 Å². The van der Waals surface area contributed by atoms with Gasteiger partial charge in [-0.2, -0.15) is 0 Å². The van der Waals surface area contributed by atoms with Gasteiger partial charge in [-0.3, -0.25) is 4.98 Å². The predicted molar refractivity (Wildman–Crippen MR) is 89.8 cm³/mol. The molecule has 0 aliphatic carbocycles. The number of rotatable bonds is 3. The van der Waals surface area contributed by atoms with Gasteiger partial charge < -0.3 is 4.57 Å². The van der Waals surface area contributed by atoms with Crippen LogP contribution in [-0.4, -0.2) is 14.5 Å². The number of fused-ring (bicyclic) bond motifs is 1. The van der Waals surface area contributed by atoms with E-state index in [1.807, 2.05) is 31.3 Å². The molecule has 21 heavy (non-hydrogen) atoms. The molecule has 2 heterocycles. The van der Waals surface area contributed by atoms with E-state index >= 15 is 0 Å². The van der Waals surface area contributed by atoms with Crippen LogP contribution in [0.4, 0.5) is 0 Å². The monoisotopic (exact) mass is 363 g/mol. The number of pyridine rings is 1. The Bertz CT molecular complexity index is 768. The Morgan fingerprint density at radius 2 is 2.05 bits per heavy atom. The molecule has 108 valence electrons. The lowest BCUT2D eigenvalue weighted by molar-refractivity contribution is 0.616. The van der Waals surface area contributed by atoms with Gasteiger partial charge in [0.2, 0.25) is 0 Å². The third kappa shape index (κ3) is 2.70. The fourth-order valence-electron chi connectivity index (χ4n) is 2.55. The molecule has 0 fully saturated rings. The van der Waals surface area contributed by atoms with Crippen molar-refractivity contribution in [2.45, 2.75) is 25.3 Å². The van der Waals surface area contributed by atoms with E-state index in [1.54, 1.807) is 6.20 Å². The van der Waals surface area contributed by atoms with Crippen LogP contribution in [0.15, 0.2) is 47.2 Å². The summed E-state index contributed by atoms with van der Waals surface area (Å²) >= 11 is 9.83. The Morgan fingerprint density at radius 1 is 1.24 bits per heavy atom. The maximum atomic E-state index is 6.34. The minimum atomic E-state index is -0.157. The molecular weight excluding hydrogens is 350 g/mol. The number of benzene rings is 1. The lowest BCUT2D eigenvalue weighted by atomic mass is 10.1. The fraction of sp³-hybridized carbons (Fsp3) is 0.250. The Kier molecular flexibility index (Phi) is 4.00. The number of aromatic nitrogens is 3. The van der Waals surface area contributed by atoms with Crippen LogP contribution in [0.25, 0.3) is 11.0 Å². The van der Waals surface area contributed by atoms with Crippen LogP contribution in [0.2, 0.25) is 0 Å². The van der Waals surface area contributed by atoms with E-state index in [2.05, 4.69) is 44.5 Å². The molecule has 0 aliphatic rings. The zero-order valence-corrected chi connectivity index (χ0v) is 14.1. The summed E-state index contributed by atoms with van der Waals surface area (Å²) in [5.74, 6) is 0.876. The summed E-state index contributed by atoms with van der Waals surface area (Å²) in [5, 5.41) is -0.157. The normalized spacial score (nSPS) is 14.3. The molecule has 5 heteroatoms. The first kappa shape index (κ1) is 14.5. The molecule has 3 nitrogen and oxygen atoms in total. The van der Waals surface area contributed by atoms with Crippen molar-refractivity contribution in [2.24, 2.45) is 0 Å². The standard InChI is InChI=1S/C16H15BrClN3/c1-10(18)16-20-14-8-13(17)5-6-15(14)21(16)11(2)12-4-3-7-19-9-12/h3-11H,1-2H3. The fourth-order valence-corrected chi connectivity index (χ4v) is 3.05. The summed E-state index contributed by atoms with van der Waals surface area (Å²) in [7, 11) is 0. The predicted octanol–water partition coefficient (Wildman–Crippen LogP) is 5.10. The molecule has 3 aromatic rings. The van der Waals surface area contributed by atoms with Gasteiger partial charge in [-0.05, 0) is 43.7 Å². The zero-order chi connectivity index (χ0) is 15.0. The maximum absolute atomic E-state index is 6.34. The zero-order valence-electron chi connectivity index (χ0n) is 11.8. The number of imidazole rings is 1. The Labute approximate surface area is 137 Å². The highest BCUT2D eigenvalue weighted by Gasteiger charge is 2.20. The van der Waals surface area contributed by atoms with Gasteiger partial charge in [-0.1, -0.05) is 22.0 Å². The van der Waals surface area contributed by atoms with Gasteiger partial charge in [-0.15, -0.1) is 11.6 Å². The molecular formula is C16H15BrClN3. The quantitative estimate of drug-likeness (QED) is 0.605. The van der Waals surface area contributed by atoms with Gasteiger partial charge in [0.05, 0.1) is 22.5 Å². The number of hydrogen-bond donors (Lipinski definition) is 0. The largest absolute Gasteiger partial charge is 0.319 e. The van der Waals surface area contributed by atoms with E-state index in [4.69, 9.17) is 16.6 Å². The van der Waals surface area contributed by atoms with Crippen molar-refractivity contribution in [2.75, 3.05) is 0 Å². The third-order valence-electron chi connectivity index (χ3n) is 3.59. The van der Waals surface area contributed by atoms with Crippen LogP contribution in [0.3, 0.4) is 0 Å². The molecule has 0 aliphatic heterocycles. The average Bonchev–Trinajstić information content (AvgIpc) is 2.86. The molecule has 0 radical (unpaired) electrons. The van der Waals surface area contributed by atoms with Gasteiger partial charge in [0, 0.05) is 16.9 Å². The first-order chi connectivity index (χ1) is 10.1. The van der Waals surface area contributed by atoms with Gasteiger partial charge in [-0.25, -0.2) is 4.98 Å². The molecule has 0 N–H and O–H groups in total. The Hall–Kier alpha value is -1.39. The summed E-state index contributed by atoms with van der Waals surface area (Å²) in [4.78, 5) is 8.91. The summed E-state index contributed by atoms with van der Waals surface area (Å²) in [5.41, 5.74) is 3.16. The Morgan fingerprint density at radius 3 is 2.71 bits per heavy atom. The summed E-state index contributed by atoms with van der Waals surface area (Å²) in [6, 6.07) is 10.3. The van der Waals surface area contributed by atoms with Crippen molar-refractivity contribution >= 4 is 38.6 Å². The molecule has 0 spiro atoms. The van der Waals surface area contributed by atoms with Crippen molar-refractivity contribution in [1.29, 1.82) is 0 Å².